The minimum absolute atomic E-state index is 0.147. The van der Waals surface area contributed by atoms with Crippen molar-refractivity contribution in [2.24, 2.45) is 0 Å². The predicted molar refractivity (Wildman–Crippen MR) is 62.3 cm³/mol. The molecule has 2 nitrogen and oxygen atoms in total. The summed E-state index contributed by atoms with van der Waals surface area (Å²) < 4.78 is 5.08. The highest BCUT2D eigenvalue weighted by molar-refractivity contribution is 5.30. The molecule has 0 saturated heterocycles. The maximum Gasteiger partial charge on any atom is 0.118 e. The van der Waals surface area contributed by atoms with Crippen molar-refractivity contribution in [3.05, 3.63) is 42.0 Å². The molecule has 0 aromatic heterocycles. The number of aliphatic hydroxyl groups excluding tert-OH is 1. The zero-order chi connectivity index (χ0) is 11.3. The zero-order valence-electron chi connectivity index (χ0n) is 9.36. The van der Waals surface area contributed by atoms with E-state index in [0.29, 0.717) is 0 Å². The smallest absolute Gasteiger partial charge is 0.118 e. The molecule has 15 heavy (non-hydrogen) atoms. The van der Waals surface area contributed by atoms with Gasteiger partial charge in [0.2, 0.25) is 0 Å². The van der Waals surface area contributed by atoms with Crippen LogP contribution < -0.4 is 4.74 Å². The van der Waals surface area contributed by atoms with Crippen molar-refractivity contribution in [2.45, 2.75) is 19.3 Å². The predicted octanol–water partition coefficient (Wildman–Crippen LogP) is 2.74. The number of ether oxygens (including phenoxy) is 1. The Kier molecular flexibility index (Phi) is 4.37. The summed E-state index contributed by atoms with van der Waals surface area (Å²) in [6, 6.07) is 7.80. The van der Waals surface area contributed by atoms with E-state index in [2.05, 4.69) is 6.58 Å². The Hall–Kier alpha value is -1.28. The topological polar surface area (TPSA) is 29.5 Å². The Morgan fingerprint density at radius 2 is 2.00 bits per heavy atom. The lowest BCUT2D eigenvalue weighted by atomic mass is 9.94. The number of hydrogen-bond donors (Lipinski definition) is 1. The summed E-state index contributed by atoms with van der Waals surface area (Å²) in [5.41, 5.74) is 2.21. The summed E-state index contributed by atoms with van der Waals surface area (Å²) in [6.45, 7) is 6.00. The van der Waals surface area contributed by atoms with Gasteiger partial charge in [0.25, 0.3) is 0 Å². The molecule has 0 bridgehead atoms. The van der Waals surface area contributed by atoms with E-state index in [-0.39, 0.29) is 12.5 Å². The monoisotopic (exact) mass is 206 g/mol. The van der Waals surface area contributed by atoms with Crippen molar-refractivity contribution in [3.63, 3.8) is 0 Å². The van der Waals surface area contributed by atoms with Gasteiger partial charge in [-0.15, -0.1) is 6.58 Å². The molecule has 0 aliphatic rings. The molecular formula is C13H18O2. The third kappa shape index (κ3) is 3.40. The van der Waals surface area contributed by atoms with Crippen molar-refractivity contribution in [1.29, 1.82) is 0 Å². The van der Waals surface area contributed by atoms with E-state index in [9.17, 15) is 5.11 Å². The van der Waals surface area contributed by atoms with Crippen LogP contribution in [0.25, 0.3) is 0 Å². The van der Waals surface area contributed by atoms with E-state index < -0.39 is 0 Å². The van der Waals surface area contributed by atoms with Crippen molar-refractivity contribution < 1.29 is 9.84 Å². The second-order valence-corrected chi connectivity index (χ2v) is 3.81. The van der Waals surface area contributed by atoms with Gasteiger partial charge < -0.3 is 9.84 Å². The molecule has 1 N–H and O–H groups in total. The summed E-state index contributed by atoms with van der Waals surface area (Å²) >= 11 is 0. The maximum absolute atomic E-state index is 9.28. The molecule has 0 heterocycles. The van der Waals surface area contributed by atoms with E-state index in [0.717, 1.165) is 23.3 Å². The molecule has 0 unspecified atom stereocenters. The van der Waals surface area contributed by atoms with Crippen molar-refractivity contribution >= 4 is 0 Å². The highest BCUT2D eigenvalue weighted by Gasteiger charge is 2.10. The van der Waals surface area contributed by atoms with Crippen LogP contribution in [-0.2, 0) is 0 Å². The molecule has 1 atom stereocenters. The molecule has 1 aromatic carbocycles. The molecule has 0 radical (unpaired) electrons. The van der Waals surface area contributed by atoms with Gasteiger partial charge in [0.05, 0.1) is 13.7 Å². The summed E-state index contributed by atoms with van der Waals surface area (Å²) in [6.07, 6.45) is 0.822. The van der Waals surface area contributed by atoms with E-state index in [1.807, 2.05) is 31.2 Å². The normalized spacial score (nSPS) is 12.2. The van der Waals surface area contributed by atoms with E-state index in [1.54, 1.807) is 7.11 Å². The fourth-order valence-electron chi connectivity index (χ4n) is 1.58. The standard InChI is InChI=1S/C13H18O2/c1-10(2)8-12(9-14)11-4-6-13(15-3)7-5-11/h4-7,12,14H,1,8-9H2,2-3H3/t12-/m0/s1. The summed E-state index contributed by atoms with van der Waals surface area (Å²) in [5, 5.41) is 9.28. The molecule has 0 amide bonds. The quantitative estimate of drug-likeness (QED) is 0.751. The van der Waals surface area contributed by atoms with Crippen LogP contribution in [0.15, 0.2) is 36.4 Å². The maximum atomic E-state index is 9.28. The first-order valence-electron chi connectivity index (χ1n) is 5.06. The first-order valence-corrected chi connectivity index (χ1v) is 5.06. The molecule has 0 saturated carbocycles. The highest BCUT2D eigenvalue weighted by Crippen LogP contribution is 2.24. The first-order chi connectivity index (χ1) is 7.17. The largest absolute Gasteiger partial charge is 0.497 e. The van der Waals surface area contributed by atoms with Gasteiger partial charge in [0.1, 0.15) is 5.75 Å². The Morgan fingerprint density at radius 3 is 2.40 bits per heavy atom. The van der Waals surface area contributed by atoms with Crippen molar-refractivity contribution in [1.82, 2.24) is 0 Å². The average molecular weight is 206 g/mol. The van der Waals surface area contributed by atoms with E-state index >= 15 is 0 Å². The molecule has 2 heteroatoms. The second-order valence-electron chi connectivity index (χ2n) is 3.81. The molecule has 1 aromatic rings. The van der Waals surface area contributed by atoms with Gasteiger partial charge in [0.15, 0.2) is 0 Å². The van der Waals surface area contributed by atoms with Crippen molar-refractivity contribution in [3.8, 4) is 5.75 Å². The van der Waals surface area contributed by atoms with Crippen LogP contribution in [0.2, 0.25) is 0 Å². The minimum atomic E-state index is 0.147. The molecule has 0 spiro atoms. The lowest BCUT2D eigenvalue weighted by Crippen LogP contribution is -2.04. The Bertz CT molecular complexity index is 314. The van der Waals surface area contributed by atoms with Crippen LogP contribution in [0, 0.1) is 0 Å². The van der Waals surface area contributed by atoms with Crippen LogP contribution in [0.3, 0.4) is 0 Å². The Morgan fingerprint density at radius 1 is 1.40 bits per heavy atom. The van der Waals surface area contributed by atoms with Gasteiger partial charge in [-0.1, -0.05) is 17.7 Å². The molecular weight excluding hydrogens is 188 g/mol. The average Bonchev–Trinajstić information content (AvgIpc) is 2.26. The van der Waals surface area contributed by atoms with Crippen LogP contribution in [0.5, 0.6) is 5.75 Å². The third-order valence-electron chi connectivity index (χ3n) is 2.40. The number of hydrogen-bond acceptors (Lipinski definition) is 2. The van der Waals surface area contributed by atoms with Crippen LogP contribution in [0.4, 0.5) is 0 Å². The molecule has 0 aliphatic heterocycles. The fraction of sp³-hybridized carbons (Fsp3) is 0.385. The van der Waals surface area contributed by atoms with E-state index in [1.165, 1.54) is 0 Å². The van der Waals surface area contributed by atoms with Gasteiger partial charge in [-0.05, 0) is 31.0 Å². The van der Waals surface area contributed by atoms with Crippen molar-refractivity contribution in [2.75, 3.05) is 13.7 Å². The second kappa shape index (κ2) is 5.56. The summed E-state index contributed by atoms with van der Waals surface area (Å²) in [5.74, 6) is 0.985. The summed E-state index contributed by atoms with van der Waals surface area (Å²) in [4.78, 5) is 0. The number of benzene rings is 1. The molecule has 0 fully saturated rings. The molecule has 82 valence electrons. The van der Waals surface area contributed by atoms with Gasteiger partial charge in [-0.3, -0.25) is 0 Å². The van der Waals surface area contributed by atoms with Crippen LogP contribution in [-0.4, -0.2) is 18.8 Å². The molecule has 1 rings (SSSR count). The fourth-order valence-corrected chi connectivity index (χ4v) is 1.58. The van der Waals surface area contributed by atoms with Gasteiger partial charge in [-0.2, -0.15) is 0 Å². The molecule has 0 aliphatic carbocycles. The van der Waals surface area contributed by atoms with Crippen LogP contribution in [0.1, 0.15) is 24.8 Å². The third-order valence-corrected chi connectivity index (χ3v) is 2.40. The zero-order valence-corrected chi connectivity index (χ0v) is 9.36. The number of aliphatic hydroxyl groups is 1. The van der Waals surface area contributed by atoms with Gasteiger partial charge >= 0.3 is 0 Å². The first kappa shape index (κ1) is 11.8. The summed E-state index contributed by atoms with van der Waals surface area (Å²) in [7, 11) is 1.65. The lowest BCUT2D eigenvalue weighted by molar-refractivity contribution is 0.264. The Labute approximate surface area is 91.2 Å². The number of rotatable bonds is 5. The highest BCUT2D eigenvalue weighted by atomic mass is 16.5. The SMILES string of the molecule is C=C(C)C[C@@H](CO)c1ccc(OC)cc1. The number of allylic oxidation sites excluding steroid dienone is 1. The minimum Gasteiger partial charge on any atom is -0.497 e. The Balaban J connectivity index is 2.78. The van der Waals surface area contributed by atoms with Gasteiger partial charge in [-0.25, -0.2) is 0 Å². The van der Waals surface area contributed by atoms with Crippen LogP contribution >= 0.6 is 0 Å². The van der Waals surface area contributed by atoms with Gasteiger partial charge in [0, 0.05) is 5.92 Å². The number of methoxy groups -OCH3 is 1. The van der Waals surface area contributed by atoms with E-state index in [4.69, 9.17) is 4.74 Å². The lowest BCUT2D eigenvalue weighted by Gasteiger charge is -2.14.